The number of nitriles is 1. The number of allylic oxidation sites excluding steroid dienone is 1. The first kappa shape index (κ1) is 12.1. The van der Waals surface area contributed by atoms with Crippen LogP contribution < -0.4 is 17.0 Å². The SMILES string of the molecule is N#C/C(NN)=C(/N)c1ccc2[nH]c3ccccc3c2c1. The molecule has 5 heteroatoms. The quantitative estimate of drug-likeness (QED) is 0.322. The van der Waals surface area contributed by atoms with Gasteiger partial charge in [-0.15, -0.1) is 0 Å². The number of para-hydroxylation sites is 1. The maximum atomic E-state index is 8.97. The molecule has 0 aliphatic heterocycles. The highest BCUT2D eigenvalue weighted by Gasteiger charge is 2.08. The molecule has 98 valence electrons. The molecule has 0 saturated heterocycles. The lowest BCUT2D eigenvalue weighted by atomic mass is 10.1. The summed E-state index contributed by atoms with van der Waals surface area (Å²) in [6, 6.07) is 15.8. The van der Waals surface area contributed by atoms with Crippen LogP contribution in [-0.4, -0.2) is 4.98 Å². The summed E-state index contributed by atoms with van der Waals surface area (Å²) in [5, 5.41) is 11.2. The number of H-pyrrole nitrogens is 1. The summed E-state index contributed by atoms with van der Waals surface area (Å²) in [6.45, 7) is 0. The Bertz CT molecular complexity index is 867. The minimum Gasteiger partial charge on any atom is -0.396 e. The number of nitrogens with two attached hydrogens (primary N) is 2. The molecule has 20 heavy (non-hydrogen) atoms. The van der Waals surface area contributed by atoms with Gasteiger partial charge in [0.05, 0.1) is 5.70 Å². The molecule has 0 aliphatic carbocycles. The van der Waals surface area contributed by atoms with Gasteiger partial charge >= 0.3 is 0 Å². The lowest BCUT2D eigenvalue weighted by Gasteiger charge is -2.05. The summed E-state index contributed by atoms with van der Waals surface area (Å²) in [5.41, 5.74) is 11.6. The number of fused-ring (bicyclic) bond motifs is 3. The fourth-order valence-corrected chi connectivity index (χ4v) is 2.33. The van der Waals surface area contributed by atoms with E-state index < -0.39 is 0 Å². The molecule has 0 radical (unpaired) electrons. The van der Waals surface area contributed by atoms with E-state index in [0.29, 0.717) is 5.70 Å². The second-order valence-corrected chi connectivity index (χ2v) is 4.48. The van der Waals surface area contributed by atoms with Crippen LogP contribution in [0.15, 0.2) is 48.2 Å². The van der Waals surface area contributed by atoms with Crippen molar-refractivity contribution in [2.45, 2.75) is 0 Å². The van der Waals surface area contributed by atoms with Crippen LogP contribution in [0.1, 0.15) is 5.56 Å². The molecular weight excluding hydrogens is 250 g/mol. The third-order valence-electron chi connectivity index (χ3n) is 3.34. The van der Waals surface area contributed by atoms with Crippen molar-refractivity contribution >= 4 is 27.5 Å². The Morgan fingerprint density at radius 2 is 1.85 bits per heavy atom. The van der Waals surface area contributed by atoms with Gasteiger partial charge in [0, 0.05) is 27.4 Å². The van der Waals surface area contributed by atoms with Crippen LogP contribution in [0.5, 0.6) is 0 Å². The summed E-state index contributed by atoms with van der Waals surface area (Å²) in [6.07, 6.45) is 0. The highest BCUT2D eigenvalue weighted by Crippen LogP contribution is 2.27. The predicted octanol–water partition coefficient (Wildman–Crippen LogP) is 1.94. The molecule has 3 aromatic rings. The maximum Gasteiger partial charge on any atom is 0.151 e. The van der Waals surface area contributed by atoms with Gasteiger partial charge in [0.25, 0.3) is 0 Å². The number of hydrogen-bond donors (Lipinski definition) is 4. The number of aromatic nitrogens is 1. The van der Waals surface area contributed by atoms with Crippen molar-refractivity contribution in [3.05, 3.63) is 53.7 Å². The molecule has 0 fully saturated rings. The Balaban J connectivity index is 2.28. The van der Waals surface area contributed by atoms with Crippen LogP contribution in [0.25, 0.3) is 27.5 Å². The van der Waals surface area contributed by atoms with Crippen LogP contribution >= 0.6 is 0 Å². The average molecular weight is 263 g/mol. The summed E-state index contributed by atoms with van der Waals surface area (Å²) < 4.78 is 0. The Morgan fingerprint density at radius 1 is 1.10 bits per heavy atom. The first-order valence-electron chi connectivity index (χ1n) is 6.12. The van der Waals surface area contributed by atoms with Gasteiger partial charge in [-0.2, -0.15) is 5.26 Å². The zero-order valence-corrected chi connectivity index (χ0v) is 10.6. The zero-order chi connectivity index (χ0) is 14.1. The lowest BCUT2D eigenvalue weighted by molar-refractivity contribution is 0.920. The fourth-order valence-electron chi connectivity index (χ4n) is 2.33. The highest BCUT2D eigenvalue weighted by atomic mass is 15.2. The molecule has 5 nitrogen and oxygen atoms in total. The van der Waals surface area contributed by atoms with Crippen LogP contribution in [0.3, 0.4) is 0 Å². The Hall–Kier alpha value is -2.97. The Morgan fingerprint density at radius 3 is 2.60 bits per heavy atom. The maximum absolute atomic E-state index is 8.97. The summed E-state index contributed by atoms with van der Waals surface area (Å²) in [7, 11) is 0. The smallest absolute Gasteiger partial charge is 0.151 e. The second-order valence-electron chi connectivity index (χ2n) is 4.48. The summed E-state index contributed by atoms with van der Waals surface area (Å²) in [4.78, 5) is 3.34. The molecule has 1 heterocycles. The molecule has 0 spiro atoms. The third kappa shape index (κ3) is 1.76. The average Bonchev–Trinajstić information content (AvgIpc) is 2.86. The van der Waals surface area contributed by atoms with Crippen LogP contribution in [0.4, 0.5) is 0 Å². The van der Waals surface area contributed by atoms with Gasteiger partial charge in [0.2, 0.25) is 0 Å². The van der Waals surface area contributed by atoms with Gasteiger partial charge in [-0.25, -0.2) is 5.84 Å². The molecule has 0 bridgehead atoms. The predicted molar refractivity (Wildman–Crippen MR) is 79.8 cm³/mol. The molecule has 2 aromatic carbocycles. The van der Waals surface area contributed by atoms with Gasteiger partial charge < -0.3 is 16.1 Å². The zero-order valence-electron chi connectivity index (χ0n) is 10.6. The van der Waals surface area contributed by atoms with Gasteiger partial charge in [0.1, 0.15) is 6.07 Å². The van der Waals surface area contributed by atoms with E-state index in [2.05, 4.69) is 10.4 Å². The molecular formula is C15H13N5. The minimum atomic E-state index is 0.157. The number of hydrogen-bond acceptors (Lipinski definition) is 4. The van der Waals surface area contributed by atoms with Gasteiger partial charge in [-0.05, 0) is 18.2 Å². The number of aromatic amines is 1. The third-order valence-corrected chi connectivity index (χ3v) is 3.34. The Labute approximate surface area is 115 Å². The normalized spacial score (nSPS) is 12.2. The Kier molecular flexibility index (Phi) is 2.78. The molecule has 0 amide bonds. The molecule has 1 aromatic heterocycles. The highest BCUT2D eigenvalue weighted by molar-refractivity contribution is 6.08. The van der Waals surface area contributed by atoms with E-state index in [0.717, 1.165) is 27.4 Å². The number of benzene rings is 2. The van der Waals surface area contributed by atoms with Gasteiger partial charge in [-0.1, -0.05) is 24.3 Å². The van der Waals surface area contributed by atoms with Crippen molar-refractivity contribution in [2.75, 3.05) is 0 Å². The standard InChI is InChI=1S/C15H13N5/c16-8-14(20-18)15(17)9-5-6-13-11(7-9)10-3-1-2-4-12(10)19-13/h1-7,19-20H,17-18H2/b15-14-. The van der Waals surface area contributed by atoms with Crippen molar-refractivity contribution in [3.8, 4) is 6.07 Å². The molecule has 3 rings (SSSR count). The monoisotopic (exact) mass is 263 g/mol. The minimum absolute atomic E-state index is 0.157. The first-order chi connectivity index (χ1) is 9.74. The van der Waals surface area contributed by atoms with Crippen molar-refractivity contribution in [2.24, 2.45) is 11.6 Å². The van der Waals surface area contributed by atoms with Crippen LogP contribution in [0.2, 0.25) is 0 Å². The van der Waals surface area contributed by atoms with Crippen molar-refractivity contribution < 1.29 is 0 Å². The fraction of sp³-hybridized carbons (Fsp3) is 0. The van der Waals surface area contributed by atoms with Gasteiger partial charge in [0.15, 0.2) is 5.70 Å². The van der Waals surface area contributed by atoms with E-state index in [4.69, 9.17) is 16.8 Å². The largest absolute Gasteiger partial charge is 0.396 e. The molecule has 6 N–H and O–H groups in total. The van der Waals surface area contributed by atoms with E-state index >= 15 is 0 Å². The molecule has 0 unspecified atom stereocenters. The second kappa shape index (κ2) is 4.61. The van der Waals surface area contributed by atoms with E-state index in [1.807, 2.05) is 48.5 Å². The van der Waals surface area contributed by atoms with Crippen molar-refractivity contribution in [1.29, 1.82) is 5.26 Å². The van der Waals surface area contributed by atoms with Crippen molar-refractivity contribution in [3.63, 3.8) is 0 Å². The van der Waals surface area contributed by atoms with Gasteiger partial charge in [-0.3, -0.25) is 0 Å². The van der Waals surface area contributed by atoms with E-state index in [1.165, 1.54) is 0 Å². The number of nitrogens with zero attached hydrogens (tertiary/aromatic N) is 1. The number of nitrogens with one attached hydrogen (secondary N) is 2. The lowest BCUT2D eigenvalue weighted by Crippen LogP contribution is -2.23. The van der Waals surface area contributed by atoms with E-state index in [1.54, 1.807) is 0 Å². The van der Waals surface area contributed by atoms with E-state index in [-0.39, 0.29) is 5.70 Å². The summed E-state index contributed by atoms with van der Waals surface area (Å²) >= 11 is 0. The summed E-state index contributed by atoms with van der Waals surface area (Å²) in [5.74, 6) is 5.29. The topological polar surface area (TPSA) is 104 Å². The van der Waals surface area contributed by atoms with Crippen LogP contribution in [0, 0.1) is 11.3 Å². The molecule has 0 saturated carbocycles. The molecule has 0 aliphatic rings. The molecule has 0 atom stereocenters. The van der Waals surface area contributed by atoms with Crippen LogP contribution in [-0.2, 0) is 0 Å². The number of hydrazine groups is 1. The van der Waals surface area contributed by atoms with Crippen molar-refractivity contribution in [1.82, 2.24) is 10.4 Å². The van der Waals surface area contributed by atoms with E-state index in [9.17, 15) is 0 Å². The number of rotatable bonds is 2. The first-order valence-corrected chi connectivity index (χ1v) is 6.12.